The van der Waals surface area contributed by atoms with Gasteiger partial charge in [-0.1, -0.05) is 6.92 Å². The Bertz CT molecular complexity index is 305. The minimum absolute atomic E-state index is 0.665. The van der Waals surface area contributed by atoms with Crippen LogP contribution in [0.4, 0.5) is 0 Å². The molecule has 2 rings (SSSR count). The predicted molar refractivity (Wildman–Crippen MR) is 63.9 cm³/mol. The smallest absolute Gasteiger partial charge is 0.120 e. The zero-order valence-corrected chi connectivity index (χ0v) is 10.7. The second-order valence-corrected chi connectivity index (χ2v) is 5.59. The van der Waals surface area contributed by atoms with E-state index in [1.807, 2.05) is 11.3 Å². The lowest BCUT2D eigenvalue weighted by Crippen LogP contribution is -2.23. The van der Waals surface area contributed by atoms with Crippen molar-refractivity contribution >= 4 is 27.3 Å². The largest absolute Gasteiger partial charge is 0.314 e. The van der Waals surface area contributed by atoms with Gasteiger partial charge in [0, 0.05) is 17.3 Å². The highest BCUT2D eigenvalue weighted by molar-refractivity contribution is 9.10. The Hall–Kier alpha value is 0.0700. The molecule has 2 heterocycles. The molecule has 1 atom stereocenters. The van der Waals surface area contributed by atoms with E-state index in [-0.39, 0.29) is 0 Å². The van der Waals surface area contributed by atoms with Gasteiger partial charge in [-0.3, -0.25) is 0 Å². The van der Waals surface area contributed by atoms with Gasteiger partial charge in [0.25, 0.3) is 0 Å². The standard InChI is InChI=1S/C10H15BrN2S/c1-2-8-10(11)13-9(14-8)6-7-4-3-5-12-7/h7,12H,2-6H2,1H3. The fraction of sp³-hybridized carbons (Fsp3) is 0.700. The monoisotopic (exact) mass is 274 g/mol. The topological polar surface area (TPSA) is 24.9 Å². The SMILES string of the molecule is CCc1sc(CC2CCCN2)nc1Br. The number of aromatic nitrogens is 1. The van der Waals surface area contributed by atoms with Crippen LogP contribution in [0.25, 0.3) is 0 Å². The Morgan fingerprint density at radius 1 is 1.64 bits per heavy atom. The maximum atomic E-state index is 4.54. The van der Waals surface area contributed by atoms with Gasteiger partial charge in [-0.2, -0.15) is 0 Å². The lowest BCUT2D eigenvalue weighted by atomic mass is 10.2. The molecule has 1 saturated heterocycles. The van der Waals surface area contributed by atoms with E-state index in [0.717, 1.165) is 17.4 Å². The van der Waals surface area contributed by atoms with Gasteiger partial charge in [0.15, 0.2) is 0 Å². The highest BCUT2D eigenvalue weighted by Crippen LogP contribution is 2.25. The van der Waals surface area contributed by atoms with Crippen LogP contribution in [0.15, 0.2) is 4.60 Å². The minimum Gasteiger partial charge on any atom is -0.314 e. The molecule has 0 radical (unpaired) electrons. The van der Waals surface area contributed by atoms with E-state index in [0.29, 0.717) is 6.04 Å². The van der Waals surface area contributed by atoms with Gasteiger partial charge in [-0.25, -0.2) is 4.98 Å². The number of thiazole rings is 1. The summed E-state index contributed by atoms with van der Waals surface area (Å²) in [5.41, 5.74) is 0. The van der Waals surface area contributed by atoms with Gasteiger partial charge in [-0.05, 0) is 41.7 Å². The first kappa shape index (κ1) is 10.6. The Balaban J connectivity index is 2.01. The number of aryl methyl sites for hydroxylation is 1. The van der Waals surface area contributed by atoms with Crippen LogP contribution >= 0.6 is 27.3 Å². The van der Waals surface area contributed by atoms with Crippen LogP contribution in [-0.4, -0.2) is 17.6 Å². The molecule has 0 saturated carbocycles. The first-order valence-corrected chi connectivity index (χ1v) is 6.78. The summed E-state index contributed by atoms with van der Waals surface area (Å²) in [6.45, 7) is 3.35. The van der Waals surface area contributed by atoms with E-state index in [1.165, 1.54) is 29.3 Å². The van der Waals surface area contributed by atoms with Crippen molar-refractivity contribution in [1.82, 2.24) is 10.3 Å². The van der Waals surface area contributed by atoms with Crippen molar-refractivity contribution in [3.63, 3.8) is 0 Å². The van der Waals surface area contributed by atoms with Crippen molar-refractivity contribution in [2.24, 2.45) is 0 Å². The highest BCUT2D eigenvalue weighted by atomic mass is 79.9. The van der Waals surface area contributed by atoms with Crippen molar-refractivity contribution in [2.75, 3.05) is 6.54 Å². The molecule has 1 aliphatic heterocycles. The molecular weight excluding hydrogens is 260 g/mol. The molecule has 0 spiro atoms. The molecule has 1 aromatic rings. The van der Waals surface area contributed by atoms with Crippen LogP contribution in [-0.2, 0) is 12.8 Å². The van der Waals surface area contributed by atoms with Crippen LogP contribution in [0.1, 0.15) is 29.7 Å². The van der Waals surface area contributed by atoms with Crippen LogP contribution in [0.5, 0.6) is 0 Å². The summed E-state index contributed by atoms with van der Waals surface area (Å²) in [5.74, 6) is 0. The number of nitrogens with one attached hydrogen (secondary N) is 1. The number of rotatable bonds is 3. The Kier molecular flexibility index (Phi) is 3.57. The first-order valence-electron chi connectivity index (χ1n) is 5.17. The molecule has 0 aromatic carbocycles. The zero-order chi connectivity index (χ0) is 9.97. The molecule has 1 aliphatic rings. The first-order chi connectivity index (χ1) is 6.79. The summed E-state index contributed by atoms with van der Waals surface area (Å²) < 4.78 is 1.05. The average molecular weight is 275 g/mol. The van der Waals surface area contributed by atoms with Gasteiger partial charge in [0.05, 0.1) is 5.01 Å². The maximum Gasteiger partial charge on any atom is 0.120 e. The number of hydrogen-bond acceptors (Lipinski definition) is 3. The van der Waals surface area contributed by atoms with E-state index in [2.05, 4.69) is 33.2 Å². The van der Waals surface area contributed by atoms with Crippen molar-refractivity contribution in [2.45, 2.75) is 38.6 Å². The van der Waals surface area contributed by atoms with Gasteiger partial charge >= 0.3 is 0 Å². The predicted octanol–water partition coefficient (Wildman–Crippen LogP) is 2.76. The summed E-state index contributed by atoms with van der Waals surface area (Å²) in [6, 6.07) is 0.665. The normalized spacial score (nSPS) is 21.7. The molecule has 78 valence electrons. The molecule has 0 amide bonds. The molecule has 1 unspecified atom stereocenters. The maximum absolute atomic E-state index is 4.54. The quantitative estimate of drug-likeness (QED) is 0.917. The van der Waals surface area contributed by atoms with Crippen LogP contribution in [0.3, 0.4) is 0 Å². The van der Waals surface area contributed by atoms with Crippen molar-refractivity contribution in [1.29, 1.82) is 0 Å². The second kappa shape index (κ2) is 4.73. The summed E-state index contributed by atoms with van der Waals surface area (Å²) in [6.07, 6.45) is 4.80. The molecule has 1 aromatic heterocycles. The summed E-state index contributed by atoms with van der Waals surface area (Å²) in [4.78, 5) is 5.91. The number of halogens is 1. The van der Waals surface area contributed by atoms with Gasteiger partial charge in [-0.15, -0.1) is 11.3 Å². The van der Waals surface area contributed by atoms with Gasteiger partial charge in [0.2, 0.25) is 0 Å². The minimum atomic E-state index is 0.665. The molecule has 14 heavy (non-hydrogen) atoms. The van der Waals surface area contributed by atoms with Crippen molar-refractivity contribution in [3.8, 4) is 0 Å². The summed E-state index contributed by atoms with van der Waals surface area (Å²) in [7, 11) is 0. The molecule has 1 fully saturated rings. The summed E-state index contributed by atoms with van der Waals surface area (Å²) in [5, 5.41) is 4.77. The molecular formula is C10H15BrN2S. The van der Waals surface area contributed by atoms with Crippen LogP contribution in [0.2, 0.25) is 0 Å². The van der Waals surface area contributed by atoms with E-state index in [1.54, 1.807) is 0 Å². The van der Waals surface area contributed by atoms with Crippen LogP contribution in [0, 0.1) is 0 Å². The third kappa shape index (κ3) is 2.35. The van der Waals surface area contributed by atoms with Crippen molar-refractivity contribution in [3.05, 3.63) is 14.5 Å². The van der Waals surface area contributed by atoms with E-state index in [4.69, 9.17) is 0 Å². The highest BCUT2D eigenvalue weighted by Gasteiger charge is 2.17. The third-order valence-corrected chi connectivity index (χ3v) is 4.74. The Morgan fingerprint density at radius 2 is 2.50 bits per heavy atom. The molecule has 0 aliphatic carbocycles. The van der Waals surface area contributed by atoms with E-state index in [9.17, 15) is 0 Å². The second-order valence-electron chi connectivity index (χ2n) is 3.67. The fourth-order valence-corrected chi connectivity index (χ4v) is 3.66. The number of nitrogens with zero attached hydrogens (tertiary/aromatic N) is 1. The Morgan fingerprint density at radius 3 is 3.07 bits per heavy atom. The molecule has 4 heteroatoms. The average Bonchev–Trinajstić information content (AvgIpc) is 2.76. The zero-order valence-electron chi connectivity index (χ0n) is 8.35. The molecule has 2 nitrogen and oxygen atoms in total. The molecule has 1 N–H and O–H groups in total. The lowest BCUT2D eigenvalue weighted by molar-refractivity contribution is 0.601. The van der Waals surface area contributed by atoms with E-state index < -0.39 is 0 Å². The van der Waals surface area contributed by atoms with Gasteiger partial charge < -0.3 is 5.32 Å². The fourth-order valence-electron chi connectivity index (χ4n) is 1.83. The number of hydrogen-bond donors (Lipinski definition) is 1. The van der Waals surface area contributed by atoms with Gasteiger partial charge in [0.1, 0.15) is 4.60 Å². The van der Waals surface area contributed by atoms with E-state index >= 15 is 0 Å². The third-order valence-electron chi connectivity index (χ3n) is 2.60. The summed E-state index contributed by atoms with van der Waals surface area (Å²) >= 11 is 5.35. The Labute approximate surface area is 97.3 Å². The van der Waals surface area contributed by atoms with Crippen LogP contribution < -0.4 is 5.32 Å². The van der Waals surface area contributed by atoms with Crippen molar-refractivity contribution < 1.29 is 0 Å². The molecule has 0 bridgehead atoms. The lowest BCUT2D eigenvalue weighted by Gasteiger charge is -2.05.